The van der Waals surface area contributed by atoms with Gasteiger partial charge < -0.3 is 10.4 Å². The highest BCUT2D eigenvalue weighted by Gasteiger charge is 2.42. The summed E-state index contributed by atoms with van der Waals surface area (Å²) in [4.78, 5) is 10.6. The lowest BCUT2D eigenvalue weighted by Crippen LogP contribution is -2.28. The smallest absolute Gasteiger partial charge is 0.308 e. The minimum atomic E-state index is -0.625. The number of fused-ring (bicyclic) bond motifs is 2. The average Bonchev–Trinajstić information content (AvgIpc) is 2.44. The molecular formula is C7H12ClNO2. The van der Waals surface area contributed by atoms with Crippen molar-refractivity contribution < 1.29 is 9.90 Å². The van der Waals surface area contributed by atoms with Gasteiger partial charge in [0.1, 0.15) is 0 Å². The fourth-order valence-corrected chi connectivity index (χ4v) is 2.10. The lowest BCUT2D eigenvalue weighted by atomic mass is 9.89. The Morgan fingerprint density at radius 2 is 2.18 bits per heavy atom. The van der Waals surface area contributed by atoms with Crippen molar-refractivity contribution in [1.29, 1.82) is 0 Å². The number of aliphatic carboxylic acids is 1. The summed E-state index contributed by atoms with van der Waals surface area (Å²) in [5, 5.41) is 12.0. The Labute approximate surface area is 71.6 Å². The normalized spacial score (nSPS) is 40.2. The van der Waals surface area contributed by atoms with E-state index < -0.39 is 5.97 Å². The fraction of sp³-hybridized carbons (Fsp3) is 0.857. The first-order valence-electron chi connectivity index (χ1n) is 3.76. The number of carbonyl (C=O) groups is 1. The van der Waals surface area contributed by atoms with Gasteiger partial charge in [-0.2, -0.15) is 0 Å². The molecule has 2 bridgehead atoms. The molecule has 4 heteroatoms. The molecule has 0 aromatic heterocycles. The van der Waals surface area contributed by atoms with E-state index in [0.717, 1.165) is 12.8 Å². The molecule has 64 valence electrons. The second kappa shape index (κ2) is 2.99. The van der Waals surface area contributed by atoms with E-state index in [0.29, 0.717) is 6.04 Å². The van der Waals surface area contributed by atoms with Gasteiger partial charge in [-0.15, -0.1) is 12.4 Å². The third-order valence-electron chi connectivity index (χ3n) is 2.62. The first kappa shape index (κ1) is 8.81. The van der Waals surface area contributed by atoms with Gasteiger partial charge in [0.15, 0.2) is 0 Å². The molecule has 0 aromatic carbocycles. The van der Waals surface area contributed by atoms with Gasteiger partial charge in [-0.25, -0.2) is 0 Å². The van der Waals surface area contributed by atoms with Gasteiger partial charge in [0, 0.05) is 12.1 Å². The summed E-state index contributed by atoms with van der Waals surface area (Å²) in [5.74, 6) is -0.724. The molecule has 3 atom stereocenters. The molecule has 11 heavy (non-hydrogen) atoms. The Bertz CT molecular complexity index is 174. The molecule has 2 heterocycles. The third kappa shape index (κ3) is 1.35. The van der Waals surface area contributed by atoms with Gasteiger partial charge in [-0.05, 0) is 19.3 Å². The summed E-state index contributed by atoms with van der Waals surface area (Å²) < 4.78 is 0. The molecule has 0 radical (unpaired) electrons. The van der Waals surface area contributed by atoms with Gasteiger partial charge >= 0.3 is 5.97 Å². The maximum Gasteiger partial charge on any atom is 0.308 e. The van der Waals surface area contributed by atoms with Crippen LogP contribution in [0.4, 0.5) is 0 Å². The van der Waals surface area contributed by atoms with E-state index in [4.69, 9.17) is 5.11 Å². The van der Waals surface area contributed by atoms with Crippen LogP contribution < -0.4 is 5.32 Å². The minimum absolute atomic E-state index is 0. The summed E-state index contributed by atoms with van der Waals surface area (Å²) in [7, 11) is 0. The summed E-state index contributed by atoms with van der Waals surface area (Å²) in [6.45, 7) is 0. The standard InChI is InChI=1S/C7H11NO2.ClH/c9-7(10)5-3-4-1-2-6(5)8-4;/h4-6,8H,1-3H2,(H,9,10);1H/t4-,5+,6+;/m0./s1. The number of carboxylic acid groups (broad SMARTS) is 1. The Morgan fingerprint density at radius 3 is 2.45 bits per heavy atom. The topological polar surface area (TPSA) is 49.3 Å². The molecule has 2 N–H and O–H groups in total. The van der Waals surface area contributed by atoms with Crippen molar-refractivity contribution in [3.63, 3.8) is 0 Å². The number of rotatable bonds is 1. The highest BCUT2D eigenvalue weighted by molar-refractivity contribution is 5.85. The van der Waals surface area contributed by atoms with E-state index in [2.05, 4.69) is 5.32 Å². The van der Waals surface area contributed by atoms with Crippen molar-refractivity contribution in [1.82, 2.24) is 5.32 Å². The highest BCUT2D eigenvalue weighted by atomic mass is 35.5. The van der Waals surface area contributed by atoms with Crippen molar-refractivity contribution in [3.8, 4) is 0 Å². The number of halogens is 1. The molecule has 0 unspecified atom stereocenters. The maximum atomic E-state index is 10.6. The minimum Gasteiger partial charge on any atom is -0.481 e. The van der Waals surface area contributed by atoms with E-state index in [1.807, 2.05) is 0 Å². The quantitative estimate of drug-likeness (QED) is 0.618. The van der Waals surface area contributed by atoms with Gasteiger partial charge in [0.2, 0.25) is 0 Å². The van der Waals surface area contributed by atoms with Gasteiger partial charge in [0.05, 0.1) is 5.92 Å². The Balaban J connectivity index is 0.000000605. The highest BCUT2D eigenvalue weighted by Crippen LogP contribution is 2.32. The molecule has 0 spiro atoms. The zero-order valence-electron chi connectivity index (χ0n) is 6.12. The van der Waals surface area contributed by atoms with Crippen LogP contribution in [0.15, 0.2) is 0 Å². The fourth-order valence-electron chi connectivity index (χ4n) is 2.10. The van der Waals surface area contributed by atoms with Crippen molar-refractivity contribution in [2.45, 2.75) is 31.3 Å². The lowest BCUT2D eigenvalue weighted by Gasteiger charge is -2.14. The van der Waals surface area contributed by atoms with Crippen LogP contribution in [0.25, 0.3) is 0 Å². The lowest BCUT2D eigenvalue weighted by molar-refractivity contribution is -0.142. The van der Waals surface area contributed by atoms with E-state index in [9.17, 15) is 4.79 Å². The monoisotopic (exact) mass is 177 g/mol. The second-order valence-electron chi connectivity index (χ2n) is 3.23. The van der Waals surface area contributed by atoms with E-state index in [1.165, 1.54) is 6.42 Å². The predicted octanol–water partition coefficient (Wildman–Crippen LogP) is 0.633. The molecule has 0 aromatic rings. The van der Waals surface area contributed by atoms with E-state index in [-0.39, 0.29) is 24.4 Å². The second-order valence-corrected chi connectivity index (χ2v) is 3.23. The average molecular weight is 178 g/mol. The zero-order chi connectivity index (χ0) is 7.14. The Morgan fingerprint density at radius 1 is 1.45 bits per heavy atom. The molecule has 2 aliphatic heterocycles. The van der Waals surface area contributed by atoms with Crippen LogP contribution in [-0.2, 0) is 4.79 Å². The van der Waals surface area contributed by atoms with Crippen LogP contribution in [-0.4, -0.2) is 23.2 Å². The number of carboxylic acids is 1. The molecular weight excluding hydrogens is 166 g/mol. The van der Waals surface area contributed by atoms with Crippen molar-refractivity contribution in [2.75, 3.05) is 0 Å². The van der Waals surface area contributed by atoms with Crippen LogP contribution in [0.3, 0.4) is 0 Å². The first-order valence-corrected chi connectivity index (χ1v) is 3.76. The van der Waals surface area contributed by atoms with Crippen molar-refractivity contribution in [2.24, 2.45) is 5.92 Å². The van der Waals surface area contributed by atoms with Gasteiger partial charge in [-0.3, -0.25) is 4.79 Å². The number of nitrogens with one attached hydrogen (secondary N) is 1. The number of hydrogen-bond acceptors (Lipinski definition) is 2. The molecule has 0 saturated carbocycles. The zero-order valence-corrected chi connectivity index (χ0v) is 6.93. The summed E-state index contributed by atoms with van der Waals surface area (Å²) in [6, 6.07) is 0.786. The summed E-state index contributed by atoms with van der Waals surface area (Å²) >= 11 is 0. The van der Waals surface area contributed by atoms with Crippen molar-refractivity contribution in [3.05, 3.63) is 0 Å². The largest absolute Gasteiger partial charge is 0.481 e. The van der Waals surface area contributed by atoms with Crippen LogP contribution in [0.2, 0.25) is 0 Å². The first-order chi connectivity index (χ1) is 4.77. The molecule has 2 fully saturated rings. The van der Waals surface area contributed by atoms with Crippen molar-refractivity contribution >= 4 is 18.4 Å². The van der Waals surface area contributed by atoms with E-state index in [1.54, 1.807) is 0 Å². The molecule has 2 rings (SSSR count). The van der Waals surface area contributed by atoms with Crippen LogP contribution in [0.1, 0.15) is 19.3 Å². The molecule has 2 saturated heterocycles. The van der Waals surface area contributed by atoms with E-state index >= 15 is 0 Å². The SMILES string of the molecule is Cl.O=C(O)[C@@H]1C[C@@H]2CC[C@H]1N2. The van der Waals surface area contributed by atoms with Crippen LogP contribution >= 0.6 is 12.4 Å². The van der Waals surface area contributed by atoms with Gasteiger partial charge in [-0.1, -0.05) is 0 Å². The van der Waals surface area contributed by atoms with Crippen LogP contribution in [0, 0.1) is 5.92 Å². The molecule has 0 amide bonds. The third-order valence-corrected chi connectivity index (χ3v) is 2.62. The maximum absolute atomic E-state index is 10.6. The predicted molar refractivity (Wildman–Crippen MR) is 42.9 cm³/mol. The summed E-state index contributed by atoms with van der Waals surface area (Å²) in [6.07, 6.45) is 3.08. The number of hydrogen-bond donors (Lipinski definition) is 2. The molecule has 2 aliphatic rings. The Hall–Kier alpha value is -0.280. The Kier molecular flexibility index (Phi) is 2.40. The van der Waals surface area contributed by atoms with Crippen LogP contribution in [0.5, 0.6) is 0 Å². The molecule has 0 aliphatic carbocycles. The summed E-state index contributed by atoms with van der Waals surface area (Å²) in [5.41, 5.74) is 0. The van der Waals surface area contributed by atoms with Gasteiger partial charge in [0.25, 0.3) is 0 Å². The molecule has 3 nitrogen and oxygen atoms in total.